The zero-order chi connectivity index (χ0) is 12.7. The first-order chi connectivity index (χ1) is 8.19. The molecule has 2 N–H and O–H groups in total. The molecule has 0 spiro atoms. The fraction of sp³-hybridized carbons (Fsp3) is 0.462. The Morgan fingerprint density at radius 3 is 2.59 bits per heavy atom. The Labute approximate surface area is 102 Å². The molecule has 1 amide bonds. The molecule has 0 aliphatic carbocycles. The zero-order valence-corrected chi connectivity index (χ0v) is 10.4. The Morgan fingerprint density at radius 2 is 2.06 bits per heavy atom. The van der Waals surface area contributed by atoms with Crippen molar-refractivity contribution < 1.29 is 9.53 Å². The first-order valence-electron chi connectivity index (χ1n) is 5.70. The second-order valence-electron chi connectivity index (χ2n) is 3.98. The molecule has 0 aliphatic heterocycles. The van der Waals surface area contributed by atoms with Gasteiger partial charge in [0.1, 0.15) is 6.10 Å². The van der Waals surface area contributed by atoms with Gasteiger partial charge in [0.05, 0.1) is 0 Å². The summed E-state index contributed by atoms with van der Waals surface area (Å²) in [5.74, 6) is -0.0261. The monoisotopic (exact) mass is 236 g/mol. The van der Waals surface area contributed by atoms with Crippen molar-refractivity contribution in [3.63, 3.8) is 0 Å². The standard InChI is InChI=1S/C13H20N2O2/c1-15(10-11-6-4-3-5-7-11)13(16)12(17-2)8-9-14/h3-7,12H,8-10,14H2,1-2H3. The number of likely N-dealkylation sites (N-methyl/N-ethyl adjacent to an activating group) is 1. The molecule has 0 bridgehead atoms. The average molecular weight is 236 g/mol. The highest BCUT2D eigenvalue weighted by Gasteiger charge is 2.20. The van der Waals surface area contributed by atoms with Gasteiger partial charge in [-0.05, 0) is 18.5 Å². The SMILES string of the molecule is COC(CCN)C(=O)N(C)Cc1ccccc1. The van der Waals surface area contributed by atoms with Crippen molar-refractivity contribution >= 4 is 5.91 Å². The number of amides is 1. The number of nitrogens with zero attached hydrogens (tertiary/aromatic N) is 1. The molecule has 1 aromatic carbocycles. The minimum absolute atomic E-state index is 0.0261. The van der Waals surface area contributed by atoms with Crippen molar-refractivity contribution in [2.45, 2.75) is 19.1 Å². The summed E-state index contributed by atoms with van der Waals surface area (Å²) in [7, 11) is 3.31. The lowest BCUT2D eigenvalue weighted by Gasteiger charge is -2.22. The van der Waals surface area contributed by atoms with E-state index in [0.717, 1.165) is 5.56 Å². The van der Waals surface area contributed by atoms with Gasteiger partial charge in [-0.1, -0.05) is 30.3 Å². The van der Waals surface area contributed by atoms with Crippen molar-refractivity contribution in [1.29, 1.82) is 0 Å². The maximum absolute atomic E-state index is 12.0. The molecule has 4 heteroatoms. The topological polar surface area (TPSA) is 55.6 Å². The summed E-state index contributed by atoms with van der Waals surface area (Å²) in [6, 6.07) is 9.86. The minimum Gasteiger partial charge on any atom is -0.372 e. The Balaban J connectivity index is 2.57. The first kappa shape index (κ1) is 13.7. The van der Waals surface area contributed by atoms with E-state index in [9.17, 15) is 4.79 Å². The highest BCUT2D eigenvalue weighted by atomic mass is 16.5. The second-order valence-corrected chi connectivity index (χ2v) is 3.98. The predicted octanol–water partition coefficient (Wildman–Crippen LogP) is 1.01. The van der Waals surface area contributed by atoms with E-state index in [4.69, 9.17) is 10.5 Å². The molecule has 0 aliphatic rings. The van der Waals surface area contributed by atoms with Crippen LogP contribution in [0.15, 0.2) is 30.3 Å². The molecule has 4 nitrogen and oxygen atoms in total. The van der Waals surface area contributed by atoms with Gasteiger partial charge in [-0.2, -0.15) is 0 Å². The summed E-state index contributed by atoms with van der Waals surface area (Å²) in [5.41, 5.74) is 6.55. The molecule has 94 valence electrons. The van der Waals surface area contributed by atoms with E-state index < -0.39 is 6.10 Å². The van der Waals surface area contributed by atoms with Gasteiger partial charge in [0, 0.05) is 20.7 Å². The fourth-order valence-electron chi connectivity index (χ4n) is 1.67. The lowest BCUT2D eigenvalue weighted by molar-refractivity contribution is -0.141. The number of ether oxygens (including phenoxy) is 1. The van der Waals surface area contributed by atoms with Gasteiger partial charge in [0.15, 0.2) is 0 Å². The smallest absolute Gasteiger partial charge is 0.251 e. The van der Waals surface area contributed by atoms with E-state index >= 15 is 0 Å². The molecular formula is C13H20N2O2. The van der Waals surface area contributed by atoms with Crippen molar-refractivity contribution in [1.82, 2.24) is 4.90 Å². The molecule has 0 fully saturated rings. The summed E-state index contributed by atoms with van der Waals surface area (Å²) in [6.07, 6.45) is 0.114. The Bertz CT molecular complexity index is 341. The molecule has 1 rings (SSSR count). The summed E-state index contributed by atoms with van der Waals surface area (Å²) in [6.45, 7) is 1.04. The largest absolute Gasteiger partial charge is 0.372 e. The Kier molecular flexibility index (Phi) is 5.66. The van der Waals surface area contributed by atoms with Crippen LogP contribution in [0.3, 0.4) is 0 Å². The van der Waals surface area contributed by atoms with Gasteiger partial charge in [0.2, 0.25) is 0 Å². The number of rotatable bonds is 6. The summed E-state index contributed by atoms with van der Waals surface area (Å²) in [5, 5.41) is 0. The summed E-state index contributed by atoms with van der Waals surface area (Å²) in [4.78, 5) is 13.7. The maximum atomic E-state index is 12.0. The fourth-order valence-corrected chi connectivity index (χ4v) is 1.67. The number of hydrogen-bond acceptors (Lipinski definition) is 3. The van der Waals surface area contributed by atoms with Crippen LogP contribution in [0.5, 0.6) is 0 Å². The minimum atomic E-state index is -0.436. The Morgan fingerprint density at radius 1 is 1.41 bits per heavy atom. The van der Waals surface area contributed by atoms with E-state index in [-0.39, 0.29) is 5.91 Å². The van der Waals surface area contributed by atoms with Crippen LogP contribution < -0.4 is 5.73 Å². The van der Waals surface area contributed by atoms with Crippen molar-refractivity contribution in [2.24, 2.45) is 5.73 Å². The van der Waals surface area contributed by atoms with Gasteiger partial charge in [0.25, 0.3) is 5.91 Å². The van der Waals surface area contributed by atoms with E-state index in [0.29, 0.717) is 19.5 Å². The first-order valence-corrected chi connectivity index (χ1v) is 5.70. The normalized spacial score (nSPS) is 12.2. The molecule has 1 atom stereocenters. The van der Waals surface area contributed by atoms with Crippen molar-refractivity contribution in [3.8, 4) is 0 Å². The molecule has 0 saturated carbocycles. The molecule has 0 radical (unpaired) electrons. The average Bonchev–Trinajstić information content (AvgIpc) is 2.36. The molecule has 0 heterocycles. The lowest BCUT2D eigenvalue weighted by atomic mass is 10.2. The van der Waals surface area contributed by atoms with Crippen LogP contribution in [0.25, 0.3) is 0 Å². The number of nitrogens with two attached hydrogens (primary N) is 1. The number of hydrogen-bond donors (Lipinski definition) is 1. The summed E-state index contributed by atoms with van der Waals surface area (Å²) < 4.78 is 5.14. The van der Waals surface area contributed by atoms with Crippen LogP contribution in [0.2, 0.25) is 0 Å². The number of carbonyl (C=O) groups is 1. The van der Waals surface area contributed by atoms with Gasteiger partial charge in [-0.15, -0.1) is 0 Å². The van der Waals surface area contributed by atoms with E-state index in [1.165, 1.54) is 7.11 Å². The third-order valence-corrected chi connectivity index (χ3v) is 2.63. The number of methoxy groups -OCH3 is 1. The van der Waals surface area contributed by atoms with Gasteiger partial charge < -0.3 is 15.4 Å². The molecule has 1 unspecified atom stereocenters. The molecule has 0 aromatic heterocycles. The van der Waals surface area contributed by atoms with Gasteiger partial charge in [-0.25, -0.2) is 0 Å². The van der Waals surface area contributed by atoms with Crippen molar-refractivity contribution in [3.05, 3.63) is 35.9 Å². The third-order valence-electron chi connectivity index (χ3n) is 2.63. The van der Waals surface area contributed by atoms with Crippen LogP contribution in [-0.4, -0.2) is 37.6 Å². The number of benzene rings is 1. The van der Waals surface area contributed by atoms with Crippen LogP contribution in [-0.2, 0) is 16.1 Å². The lowest BCUT2D eigenvalue weighted by Crippen LogP contribution is -2.38. The predicted molar refractivity (Wildman–Crippen MR) is 67.4 cm³/mol. The van der Waals surface area contributed by atoms with Crippen LogP contribution >= 0.6 is 0 Å². The molecule has 17 heavy (non-hydrogen) atoms. The second kappa shape index (κ2) is 7.04. The van der Waals surface area contributed by atoms with Crippen LogP contribution in [0.4, 0.5) is 0 Å². The zero-order valence-electron chi connectivity index (χ0n) is 10.4. The van der Waals surface area contributed by atoms with Crippen LogP contribution in [0, 0.1) is 0 Å². The van der Waals surface area contributed by atoms with Crippen LogP contribution in [0.1, 0.15) is 12.0 Å². The molecule has 1 aromatic rings. The molecular weight excluding hydrogens is 216 g/mol. The van der Waals surface area contributed by atoms with E-state index in [1.54, 1.807) is 11.9 Å². The van der Waals surface area contributed by atoms with Crippen molar-refractivity contribution in [2.75, 3.05) is 20.7 Å². The molecule has 0 saturated heterocycles. The highest BCUT2D eigenvalue weighted by Crippen LogP contribution is 2.07. The van der Waals surface area contributed by atoms with Gasteiger partial charge >= 0.3 is 0 Å². The number of carbonyl (C=O) groups excluding carboxylic acids is 1. The maximum Gasteiger partial charge on any atom is 0.251 e. The van der Waals surface area contributed by atoms with E-state index in [1.807, 2.05) is 30.3 Å². The summed E-state index contributed by atoms with van der Waals surface area (Å²) >= 11 is 0. The third kappa shape index (κ3) is 4.17. The highest BCUT2D eigenvalue weighted by molar-refractivity contribution is 5.80. The van der Waals surface area contributed by atoms with Gasteiger partial charge in [-0.3, -0.25) is 4.79 Å². The quantitative estimate of drug-likeness (QED) is 0.802. The van der Waals surface area contributed by atoms with E-state index in [2.05, 4.69) is 0 Å². The Hall–Kier alpha value is -1.39.